The van der Waals surface area contributed by atoms with Gasteiger partial charge >= 0.3 is 0 Å². The Hall–Kier alpha value is -1.19. The molecule has 1 heterocycles. The third-order valence-corrected chi connectivity index (χ3v) is 2.47. The summed E-state index contributed by atoms with van der Waals surface area (Å²) in [5, 5.41) is 19.4. The van der Waals surface area contributed by atoms with Crippen molar-refractivity contribution in [3.8, 4) is 6.07 Å². The summed E-state index contributed by atoms with van der Waals surface area (Å²) in [4.78, 5) is 10.5. The van der Waals surface area contributed by atoms with Gasteiger partial charge in [-0.1, -0.05) is 0 Å². The topological polar surface area (TPSA) is 85.4 Å². The Bertz CT molecular complexity index is 285. The molecule has 0 N–H and O–H groups in total. The first-order chi connectivity index (χ1) is 6.92. The van der Waals surface area contributed by atoms with Crippen LogP contribution in [0.2, 0.25) is 0 Å². The van der Waals surface area contributed by atoms with Crippen molar-refractivity contribution in [2.45, 2.75) is 38.0 Å². The largest absolute Gasteiger partial charge is 0.343 e. The van der Waals surface area contributed by atoms with Gasteiger partial charge in [0.1, 0.15) is 13.2 Å². The molecule has 0 spiro atoms. The number of ether oxygens (including phenoxy) is 2. The molecule has 15 heavy (non-hydrogen) atoms. The van der Waals surface area contributed by atoms with Gasteiger partial charge in [0.15, 0.2) is 5.79 Å². The van der Waals surface area contributed by atoms with Crippen LogP contribution in [-0.2, 0) is 9.47 Å². The van der Waals surface area contributed by atoms with Crippen LogP contribution in [0.1, 0.15) is 26.7 Å². The predicted molar refractivity (Wildman–Crippen MR) is 50.6 cm³/mol. The number of rotatable bonds is 3. The van der Waals surface area contributed by atoms with Gasteiger partial charge in [0.05, 0.1) is 6.07 Å². The summed E-state index contributed by atoms with van der Waals surface area (Å²) in [5.74, 6) is -0.772. The fraction of sp³-hybridized carbons (Fsp3) is 0.889. The molecule has 0 aromatic rings. The van der Waals surface area contributed by atoms with Gasteiger partial charge in [-0.2, -0.15) is 5.26 Å². The van der Waals surface area contributed by atoms with Gasteiger partial charge < -0.3 is 9.47 Å². The Kier molecular flexibility index (Phi) is 3.27. The quantitative estimate of drug-likeness (QED) is 0.518. The molecule has 0 saturated carbocycles. The lowest BCUT2D eigenvalue weighted by atomic mass is 9.95. The fourth-order valence-electron chi connectivity index (χ4n) is 1.33. The summed E-state index contributed by atoms with van der Waals surface area (Å²) in [6, 6.07) is 1.90. The molecule has 0 aromatic heterocycles. The Morgan fingerprint density at radius 1 is 1.47 bits per heavy atom. The zero-order valence-electron chi connectivity index (χ0n) is 8.86. The van der Waals surface area contributed by atoms with Crippen molar-refractivity contribution in [2.24, 2.45) is 0 Å². The molecule has 0 aromatic carbocycles. The maximum Gasteiger partial charge on any atom is 0.269 e. The molecule has 0 aliphatic carbocycles. The summed E-state index contributed by atoms with van der Waals surface area (Å²) in [6.07, 6.45) is 0.292. The first-order valence-electron chi connectivity index (χ1n) is 4.71. The summed E-state index contributed by atoms with van der Waals surface area (Å²) >= 11 is 0. The second kappa shape index (κ2) is 4.13. The minimum atomic E-state index is -1.26. The molecule has 1 rings (SSSR count). The van der Waals surface area contributed by atoms with E-state index in [-0.39, 0.29) is 26.1 Å². The summed E-state index contributed by atoms with van der Waals surface area (Å²) in [7, 11) is 0. The molecule has 0 unspecified atom stereocenters. The van der Waals surface area contributed by atoms with Crippen LogP contribution in [-0.4, -0.2) is 29.5 Å². The van der Waals surface area contributed by atoms with Gasteiger partial charge in [-0.25, -0.2) is 0 Å². The highest BCUT2D eigenvalue weighted by Crippen LogP contribution is 2.28. The number of nitro groups is 1. The van der Waals surface area contributed by atoms with E-state index in [1.807, 2.05) is 6.07 Å². The SMILES string of the molecule is CC1(C)OCC(CCC#N)([N+](=O)[O-])CO1. The van der Waals surface area contributed by atoms with Crippen LogP contribution < -0.4 is 0 Å². The Labute approximate surface area is 87.9 Å². The molecule has 6 heteroatoms. The van der Waals surface area contributed by atoms with Crippen molar-refractivity contribution in [2.75, 3.05) is 13.2 Å². The lowest BCUT2D eigenvalue weighted by molar-refractivity contribution is -0.596. The van der Waals surface area contributed by atoms with Gasteiger partial charge in [0.25, 0.3) is 5.54 Å². The van der Waals surface area contributed by atoms with Crippen molar-refractivity contribution in [1.29, 1.82) is 5.26 Å². The second-order valence-corrected chi connectivity index (χ2v) is 4.12. The standard InChI is InChI=1S/C9H14N2O4/c1-8(2)14-6-9(7-15-8,11(12)13)4-3-5-10/h3-4,6-7H2,1-2H3. The fourth-order valence-corrected chi connectivity index (χ4v) is 1.33. The minimum absolute atomic E-state index is 0.00528. The average molecular weight is 214 g/mol. The number of hydrogen-bond donors (Lipinski definition) is 0. The van der Waals surface area contributed by atoms with Gasteiger partial charge in [0, 0.05) is 17.8 Å². The zero-order valence-corrected chi connectivity index (χ0v) is 8.86. The monoisotopic (exact) mass is 214 g/mol. The molecular weight excluding hydrogens is 200 g/mol. The average Bonchev–Trinajstić information content (AvgIpc) is 2.16. The van der Waals surface area contributed by atoms with Crippen LogP contribution >= 0.6 is 0 Å². The summed E-state index contributed by atoms with van der Waals surface area (Å²) in [5.41, 5.74) is -1.26. The third kappa shape index (κ3) is 2.64. The molecule has 1 fully saturated rings. The highest BCUT2D eigenvalue weighted by atomic mass is 16.7. The van der Waals surface area contributed by atoms with Gasteiger partial charge in [-0.05, 0) is 13.8 Å². The molecule has 84 valence electrons. The van der Waals surface area contributed by atoms with E-state index >= 15 is 0 Å². The molecule has 6 nitrogen and oxygen atoms in total. The number of nitriles is 1. The van der Waals surface area contributed by atoms with Gasteiger partial charge in [-0.3, -0.25) is 10.1 Å². The highest BCUT2D eigenvalue weighted by molar-refractivity contribution is 4.87. The molecule has 0 amide bonds. The molecule has 0 bridgehead atoms. The van der Waals surface area contributed by atoms with Crippen molar-refractivity contribution in [3.05, 3.63) is 10.1 Å². The lowest BCUT2D eigenvalue weighted by Crippen LogP contribution is -2.55. The van der Waals surface area contributed by atoms with E-state index in [9.17, 15) is 10.1 Å². The van der Waals surface area contributed by atoms with Crippen LogP contribution in [0.3, 0.4) is 0 Å². The van der Waals surface area contributed by atoms with E-state index in [0.717, 1.165) is 0 Å². The van der Waals surface area contributed by atoms with E-state index in [0.29, 0.717) is 0 Å². The van der Waals surface area contributed by atoms with Gasteiger partial charge in [-0.15, -0.1) is 0 Å². The number of nitrogens with zero attached hydrogens (tertiary/aromatic N) is 2. The maximum atomic E-state index is 10.9. The maximum absolute atomic E-state index is 10.9. The molecular formula is C9H14N2O4. The van der Waals surface area contributed by atoms with E-state index in [1.165, 1.54) is 0 Å². The third-order valence-electron chi connectivity index (χ3n) is 2.47. The Balaban J connectivity index is 2.70. The van der Waals surface area contributed by atoms with Crippen molar-refractivity contribution in [3.63, 3.8) is 0 Å². The second-order valence-electron chi connectivity index (χ2n) is 4.12. The molecule has 1 aliphatic rings. The van der Waals surface area contributed by atoms with Crippen LogP contribution in [0, 0.1) is 21.4 Å². The van der Waals surface area contributed by atoms with Crippen LogP contribution in [0.4, 0.5) is 0 Å². The molecule has 0 radical (unpaired) electrons. The van der Waals surface area contributed by atoms with Crippen LogP contribution in [0.5, 0.6) is 0 Å². The number of hydrogen-bond acceptors (Lipinski definition) is 5. The van der Waals surface area contributed by atoms with Crippen molar-refractivity contribution >= 4 is 0 Å². The molecule has 1 aliphatic heterocycles. The predicted octanol–water partition coefficient (Wildman–Crippen LogP) is 1.09. The smallest absolute Gasteiger partial charge is 0.269 e. The van der Waals surface area contributed by atoms with Crippen molar-refractivity contribution < 1.29 is 14.4 Å². The van der Waals surface area contributed by atoms with Crippen LogP contribution in [0.15, 0.2) is 0 Å². The van der Waals surface area contributed by atoms with E-state index < -0.39 is 16.2 Å². The summed E-state index contributed by atoms with van der Waals surface area (Å²) in [6.45, 7) is 3.41. The first-order valence-corrected chi connectivity index (χ1v) is 4.71. The Morgan fingerprint density at radius 3 is 2.40 bits per heavy atom. The van der Waals surface area contributed by atoms with E-state index in [4.69, 9.17) is 14.7 Å². The van der Waals surface area contributed by atoms with E-state index in [2.05, 4.69) is 0 Å². The first kappa shape index (κ1) is 11.9. The molecule has 1 saturated heterocycles. The van der Waals surface area contributed by atoms with Crippen LogP contribution in [0.25, 0.3) is 0 Å². The zero-order chi connectivity index (χ0) is 11.5. The van der Waals surface area contributed by atoms with Gasteiger partial charge in [0.2, 0.25) is 0 Å². The summed E-state index contributed by atoms with van der Waals surface area (Å²) < 4.78 is 10.5. The highest BCUT2D eigenvalue weighted by Gasteiger charge is 2.49. The Morgan fingerprint density at radius 2 is 2.00 bits per heavy atom. The van der Waals surface area contributed by atoms with E-state index in [1.54, 1.807) is 13.8 Å². The molecule has 0 atom stereocenters. The normalized spacial score (nSPS) is 23.0. The lowest BCUT2D eigenvalue weighted by Gasteiger charge is -2.37. The minimum Gasteiger partial charge on any atom is -0.343 e. The van der Waals surface area contributed by atoms with Crippen molar-refractivity contribution in [1.82, 2.24) is 0 Å².